The highest BCUT2D eigenvalue weighted by Gasteiger charge is 2.27. The summed E-state index contributed by atoms with van der Waals surface area (Å²) in [5.41, 5.74) is 6.40. The molecule has 2 aromatic rings. The van der Waals surface area contributed by atoms with Crippen molar-refractivity contribution in [1.82, 2.24) is 10.1 Å². The van der Waals surface area contributed by atoms with Crippen LogP contribution in [-0.2, 0) is 0 Å². The van der Waals surface area contributed by atoms with Gasteiger partial charge in [-0.3, -0.25) is 4.79 Å². The zero-order valence-corrected chi connectivity index (χ0v) is 12.3. The fourth-order valence-corrected chi connectivity index (χ4v) is 2.77. The molecule has 1 aliphatic heterocycles. The van der Waals surface area contributed by atoms with E-state index >= 15 is 0 Å². The molecule has 0 spiro atoms. The van der Waals surface area contributed by atoms with Crippen LogP contribution >= 0.6 is 15.9 Å². The van der Waals surface area contributed by atoms with Crippen LogP contribution in [0.4, 0.5) is 5.88 Å². The zero-order chi connectivity index (χ0) is 14.1. The summed E-state index contributed by atoms with van der Waals surface area (Å²) in [6.07, 6.45) is 1.69. The first kappa shape index (κ1) is 13.2. The molecule has 7 heteroatoms. The van der Waals surface area contributed by atoms with E-state index in [0.717, 1.165) is 18.5 Å². The molecule has 1 saturated heterocycles. The van der Waals surface area contributed by atoms with Gasteiger partial charge in [0, 0.05) is 25.1 Å². The number of likely N-dealkylation sites (tertiary alicyclic amines) is 1. The molecular weight excluding hydrogens is 326 g/mol. The van der Waals surface area contributed by atoms with Gasteiger partial charge in [-0.05, 0) is 40.9 Å². The van der Waals surface area contributed by atoms with Crippen molar-refractivity contribution in [3.05, 3.63) is 34.3 Å². The molecule has 106 valence electrons. The summed E-state index contributed by atoms with van der Waals surface area (Å²) in [5.74, 6) is 0.914. The Bertz CT molecular complexity index is 614. The number of amides is 1. The summed E-state index contributed by atoms with van der Waals surface area (Å²) < 4.78 is 10.7. The number of nitrogens with zero attached hydrogens (tertiary/aromatic N) is 2. The first-order valence-corrected chi connectivity index (χ1v) is 7.19. The molecule has 1 amide bonds. The van der Waals surface area contributed by atoms with Gasteiger partial charge in [0.1, 0.15) is 0 Å². The molecule has 2 aromatic heterocycles. The smallest absolute Gasteiger partial charge is 0.289 e. The summed E-state index contributed by atoms with van der Waals surface area (Å²) in [5, 5.41) is 3.94. The standard InChI is InChI=1S/C13H14BrN3O3/c14-11-2-1-10(19-11)13(18)17-5-3-8(4-6-17)9-7-12(15)20-16-9/h1-2,7-8H,3-6,15H2. The maximum atomic E-state index is 12.2. The number of carbonyl (C=O) groups is 1. The van der Waals surface area contributed by atoms with Crippen LogP contribution in [0.25, 0.3) is 0 Å². The third-order valence-electron chi connectivity index (χ3n) is 3.53. The number of nitrogens with two attached hydrogens (primary N) is 1. The Labute approximate surface area is 124 Å². The normalized spacial score (nSPS) is 16.6. The summed E-state index contributed by atoms with van der Waals surface area (Å²) in [6, 6.07) is 5.15. The molecule has 6 nitrogen and oxygen atoms in total. The average molecular weight is 340 g/mol. The maximum Gasteiger partial charge on any atom is 0.289 e. The van der Waals surface area contributed by atoms with E-state index in [1.165, 1.54) is 0 Å². The quantitative estimate of drug-likeness (QED) is 0.908. The first-order valence-electron chi connectivity index (χ1n) is 6.40. The van der Waals surface area contributed by atoms with E-state index < -0.39 is 0 Å². The molecule has 0 bridgehead atoms. The molecular formula is C13H14BrN3O3. The lowest BCUT2D eigenvalue weighted by molar-refractivity contribution is 0.0678. The van der Waals surface area contributed by atoms with Crippen LogP contribution in [0, 0.1) is 0 Å². The molecule has 20 heavy (non-hydrogen) atoms. The number of hydrogen-bond donors (Lipinski definition) is 1. The van der Waals surface area contributed by atoms with Crippen LogP contribution in [0.1, 0.15) is 35.0 Å². The molecule has 1 fully saturated rings. The molecule has 2 N–H and O–H groups in total. The number of aromatic nitrogens is 1. The zero-order valence-electron chi connectivity index (χ0n) is 10.7. The van der Waals surface area contributed by atoms with Crippen molar-refractivity contribution in [2.24, 2.45) is 0 Å². The lowest BCUT2D eigenvalue weighted by Crippen LogP contribution is -2.37. The van der Waals surface area contributed by atoms with E-state index in [1.807, 2.05) is 0 Å². The summed E-state index contributed by atoms with van der Waals surface area (Å²) in [4.78, 5) is 14.0. The van der Waals surface area contributed by atoms with Gasteiger partial charge in [-0.2, -0.15) is 0 Å². The van der Waals surface area contributed by atoms with Crippen LogP contribution in [-0.4, -0.2) is 29.1 Å². The van der Waals surface area contributed by atoms with Crippen molar-refractivity contribution < 1.29 is 13.7 Å². The van der Waals surface area contributed by atoms with Crippen LogP contribution < -0.4 is 5.73 Å². The van der Waals surface area contributed by atoms with Crippen molar-refractivity contribution in [3.8, 4) is 0 Å². The van der Waals surface area contributed by atoms with E-state index in [0.29, 0.717) is 35.3 Å². The minimum atomic E-state index is -0.0752. The predicted molar refractivity (Wildman–Crippen MR) is 75.2 cm³/mol. The van der Waals surface area contributed by atoms with Gasteiger partial charge in [0.05, 0.1) is 5.69 Å². The van der Waals surface area contributed by atoms with Crippen LogP contribution in [0.5, 0.6) is 0 Å². The minimum absolute atomic E-state index is 0.0752. The van der Waals surface area contributed by atoms with Gasteiger partial charge in [-0.15, -0.1) is 0 Å². The maximum absolute atomic E-state index is 12.2. The van der Waals surface area contributed by atoms with Crippen LogP contribution in [0.15, 0.2) is 31.8 Å². The molecule has 3 rings (SSSR count). The summed E-state index contributed by atoms with van der Waals surface area (Å²) in [6.45, 7) is 1.35. The Morgan fingerprint density at radius 2 is 2.15 bits per heavy atom. The molecule has 1 aliphatic rings. The molecule has 3 heterocycles. The fraction of sp³-hybridized carbons (Fsp3) is 0.385. The number of rotatable bonds is 2. The second kappa shape index (κ2) is 5.32. The number of halogens is 1. The topological polar surface area (TPSA) is 85.5 Å². The number of carbonyl (C=O) groups excluding carboxylic acids is 1. The number of hydrogen-bond acceptors (Lipinski definition) is 5. The Balaban J connectivity index is 1.62. The highest BCUT2D eigenvalue weighted by Crippen LogP contribution is 2.29. The van der Waals surface area contributed by atoms with E-state index in [9.17, 15) is 4.79 Å². The van der Waals surface area contributed by atoms with Gasteiger partial charge in [-0.1, -0.05) is 5.16 Å². The van der Waals surface area contributed by atoms with Crippen molar-refractivity contribution in [3.63, 3.8) is 0 Å². The van der Waals surface area contributed by atoms with Crippen molar-refractivity contribution in [2.45, 2.75) is 18.8 Å². The van der Waals surface area contributed by atoms with Gasteiger partial charge in [0.2, 0.25) is 5.88 Å². The SMILES string of the molecule is Nc1cc(C2CCN(C(=O)c3ccc(Br)o3)CC2)no1. The third-order valence-corrected chi connectivity index (χ3v) is 3.96. The molecule has 0 saturated carbocycles. The number of piperidine rings is 1. The Morgan fingerprint density at radius 1 is 1.40 bits per heavy atom. The monoisotopic (exact) mass is 339 g/mol. The van der Waals surface area contributed by atoms with E-state index in [-0.39, 0.29) is 5.91 Å². The average Bonchev–Trinajstić information content (AvgIpc) is 3.07. The van der Waals surface area contributed by atoms with Gasteiger partial charge in [0.15, 0.2) is 10.4 Å². The Hall–Kier alpha value is -1.76. The summed E-state index contributed by atoms with van der Waals surface area (Å²) >= 11 is 3.20. The number of nitrogen functional groups attached to an aromatic ring is 1. The van der Waals surface area contributed by atoms with Crippen LogP contribution in [0.3, 0.4) is 0 Å². The summed E-state index contributed by atoms with van der Waals surface area (Å²) in [7, 11) is 0. The molecule has 0 atom stereocenters. The molecule has 0 unspecified atom stereocenters. The van der Waals surface area contributed by atoms with Crippen molar-refractivity contribution in [2.75, 3.05) is 18.8 Å². The number of furan rings is 1. The van der Waals surface area contributed by atoms with E-state index in [4.69, 9.17) is 14.7 Å². The fourth-order valence-electron chi connectivity index (χ4n) is 2.46. The van der Waals surface area contributed by atoms with Gasteiger partial charge in [0.25, 0.3) is 5.91 Å². The molecule has 0 aliphatic carbocycles. The highest BCUT2D eigenvalue weighted by atomic mass is 79.9. The second-order valence-corrected chi connectivity index (χ2v) is 5.61. The van der Waals surface area contributed by atoms with Crippen molar-refractivity contribution in [1.29, 1.82) is 0 Å². The minimum Gasteiger partial charge on any atom is -0.444 e. The van der Waals surface area contributed by atoms with Crippen LogP contribution in [0.2, 0.25) is 0 Å². The van der Waals surface area contributed by atoms with Gasteiger partial charge < -0.3 is 19.6 Å². The lowest BCUT2D eigenvalue weighted by Gasteiger charge is -2.30. The van der Waals surface area contributed by atoms with Gasteiger partial charge >= 0.3 is 0 Å². The first-order chi connectivity index (χ1) is 9.63. The largest absolute Gasteiger partial charge is 0.444 e. The van der Waals surface area contributed by atoms with Crippen molar-refractivity contribution >= 4 is 27.7 Å². The molecule has 0 radical (unpaired) electrons. The van der Waals surface area contributed by atoms with E-state index in [1.54, 1.807) is 23.1 Å². The lowest BCUT2D eigenvalue weighted by atomic mass is 9.93. The third kappa shape index (κ3) is 2.58. The van der Waals surface area contributed by atoms with E-state index in [2.05, 4.69) is 21.1 Å². The highest BCUT2D eigenvalue weighted by molar-refractivity contribution is 9.10. The van der Waals surface area contributed by atoms with Gasteiger partial charge in [-0.25, -0.2) is 0 Å². The second-order valence-electron chi connectivity index (χ2n) is 4.82. The number of anilines is 1. The Morgan fingerprint density at radius 3 is 2.70 bits per heavy atom. The molecule has 0 aromatic carbocycles. The predicted octanol–water partition coefficient (Wildman–Crippen LogP) is 2.63. The Kier molecular flexibility index (Phi) is 3.52.